The Morgan fingerprint density at radius 1 is 1.07 bits per heavy atom. The first-order valence-corrected chi connectivity index (χ1v) is 9.27. The molecule has 0 saturated carbocycles. The van der Waals surface area contributed by atoms with Crippen LogP contribution in [0.15, 0.2) is 54.7 Å². The van der Waals surface area contributed by atoms with Crippen LogP contribution in [0.1, 0.15) is 24.2 Å². The first-order chi connectivity index (χ1) is 14.5. The van der Waals surface area contributed by atoms with Crippen LogP contribution < -0.4 is 20.3 Å². The van der Waals surface area contributed by atoms with E-state index in [0.29, 0.717) is 29.4 Å². The van der Waals surface area contributed by atoms with Gasteiger partial charge in [-0.25, -0.2) is 4.39 Å². The maximum absolute atomic E-state index is 13.1. The fraction of sp³-hybridized carbons (Fsp3) is 0.190. The van der Waals surface area contributed by atoms with E-state index in [1.807, 2.05) is 6.92 Å². The lowest BCUT2D eigenvalue weighted by atomic mass is 10.1. The van der Waals surface area contributed by atoms with E-state index in [1.165, 1.54) is 30.5 Å². The Kier molecular flexibility index (Phi) is 6.63. The van der Waals surface area contributed by atoms with Crippen molar-refractivity contribution in [2.45, 2.75) is 20.0 Å². The van der Waals surface area contributed by atoms with E-state index in [-0.39, 0.29) is 5.56 Å². The number of rotatable bonds is 7. The SMILES string of the molecule is CCOc1ccc(OC(C)C(=O)NNC(=O)c2cn[nH]c2-c2ccc(F)cc2)cc1. The molecule has 156 valence electrons. The zero-order valence-corrected chi connectivity index (χ0v) is 16.4. The summed E-state index contributed by atoms with van der Waals surface area (Å²) in [6.07, 6.45) is 0.462. The van der Waals surface area contributed by atoms with E-state index in [0.717, 1.165) is 0 Å². The minimum absolute atomic E-state index is 0.196. The highest BCUT2D eigenvalue weighted by molar-refractivity contribution is 6.00. The van der Waals surface area contributed by atoms with Crippen molar-refractivity contribution in [2.75, 3.05) is 6.61 Å². The van der Waals surface area contributed by atoms with Crippen molar-refractivity contribution in [2.24, 2.45) is 0 Å². The maximum Gasteiger partial charge on any atom is 0.279 e. The maximum atomic E-state index is 13.1. The Morgan fingerprint density at radius 2 is 1.73 bits per heavy atom. The largest absolute Gasteiger partial charge is 0.494 e. The van der Waals surface area contributed by atoms with E-state index in [2.05, 4.69) is 21.0 Å². The molecule has 0 bridgehead atoms. The molecule has 9 heteroatoms. The van der Waals surface area contributed by atoms with Crippen molar-refractivity contribution in [3.8, 4) is 22.8 Å². The van der Waals surface area contributed by atoms with Crippen LogP contribution in [0.25, 0.3) is 11.3 Å². The fourth-order valence-electron chi connectivity index (χ4n) is 2.62. The van der Waals surface area contributed by atoms with Gasteiger partial charge in [0.1, 0.15) is 17.3 Å². The normalized spacial score (nSPS) is 11.4. The van der Waals surface area contributed by atoms with Crippen molar-refractivity contribution in [3.63, 3.8) is 0 Å². The number of benzene rings is 2. The molecule has 1 heterocycles. The van der Waals surface area contributed by atoms with Crippen molar-refractivity contribution in [1.29, 1.82) is 0 Å². The highest BCUT2D eigenvalue weighted by Crippen LogP contribution is 2.21. The number of nitrogens with one attached hydrogen (secondary N) is 3. The number of halogens is 1. The number of H-pyrrole nitrogens is 1. The van der Waals surface area contributed by atoms with E-state index in [4.69, 9.17) is 9.47 Å². The second kappa shape index (κ2) is 9.55. The molecule has 0 aliphatic rings. The Balaban J connectivity index is 1.56. The van der Waals surface area contributed by atoms with Crippen LogP contribution in [0.3, 0.4) is 0 Å². The van der Waals surface area contributed by atoms with Gasteiger partial charge in [-0.2, -0.15) is 5.10 Å². The first-order valence-electron chi connectivity index (χ1n) is 9.27. The fourth-order valence-corrected chi connectivity index (χ4v) is 2.62. The summed E-state index contributed by atoms with van der Waals surface area (Å²) < 4.78 is 24.0. The minimum atomic E-state index is -0.857. The summed E-state index contributed by atoms with van der Waals surface area (Å²) in [6, 6.07) is 12.4. The quantitative estimate of drug-likeness (QED) is 0.518. The molecule has 0 aliphatic heterocycles. The number of carbonyl (C=O) groups excluding carboxylic acids is 2. The summed E-state index contributed by atoms with van der Waals surface area (Å²) in [5.41, 5.74) is 5.83. The van der Waals surface area contributed by atoms with E-state index < -0.39 is 23.7 Å². The number of hydrazine groups is 1. The average molecular weight is 412 g/mol. The van der Waals surface area contributed by atoms with Crippen LogP contribution in [0.2, 0.25) is 0 Å². The molecule has 3 N–H and O–H groups in total. The number of aromatic amines is 1. The molecule has 1 aromatic heterocycles. The molecule has 0 radical (unpaired) electrons. The first kappa shape index (κ1) is 20.8. The summed E-state index contributed by atoms with van der Waals surface area (Å²) in [7, 11) is 0. The Hall–Kier alpha value is -3.88. The number of hydrogen-bond donors (Lipinski definition) is 3. The molecule has 2 amide bonds. The number of carbonyl (C=O) groups is 2. The van der Waals surface area contributed by atoms with Crippen LogP contribution in [0, 0.1) is 5.82 Å². The highest BCUT2D eigenvalue weighted by atomic mass is 19.1. The number of nitrogens with zero attached hydrogens (tertiary/aromatic N) is 1. The van der Waals surface area contributed by atoms with Crippen molar-refractivity contribution in [3.05, 3.63) is 66.1 Å². The van der Waals surface area contributed by atoms with Gasteiger partial charge < -0.3 is 9.47 Å². The van der Waals surface area contributed by atoms with Gasteiger partial charge in [-0.3, -0.25) is 25.5 Å². The number of aromatic nitrogens is 2. The molecular weight excluding hydrogens is 391 g/mol. The van der Waals surface area contributed by atoms with E-state index in [9.17, 15) is 14.0 Å². The topological polar surface area (TPSA) is 105 Å². The third-order valence-corrected chi connectivity index (χ3v) is 4.13. The second-order valence-corrected chi connectivity index (χ2v) is 6.27. The summed E-state index contributed by atoms with van der Waals surface area (Å²) >= 11 is 0. The van der Waals surface area contributed by atoms with Crippen LogP contribution in [0.5, 0.6) is 11.5 Å². The standard InChI is InChI=1S/C21H21FN4O4/c1-3-29-16-8-10-17(11-9-16)30-13(2)20(27)25-26-21(28)18-12-23-24-19(18)14-4-6-15(22)7-5-14/h4-13H,3H2,1-2H3,(H,23,24)(H,25,27)(H,26,28). The Bertz CT molecular complexity index is 1000. The highest BCUT2D eigenvalue weighted by Gasteiger charge is 2.19. The lowest BCUT2D eigenvalue weighted by molar-refractivity contribution is -0.128. The average Bonchev–Trinajstić information content (AvgIpc) is 3.24. The smallest absolute Gasteiger partial charge is 0.279 e. The molecule has 2 aromatic carbocycles. The summed E-state index contributed by atoms with van der Waals surface area (Å²) in [5.74, 6) is -0.320. The van der Waals surface area contributed by atoms with Crippen molar-refractivity contribution >= 4 is 11.8 Å². The zero-order valence-electron chi connectivity index (χ0n) is 16.4. The van der Waals surface area contributed by atoms with Gasteiger partial charge in [-0.1, -0.05) is 0 Å². The number of hydrogen-bond acceptors (Lipinski definition) is 5. The van der Waals surface area contributed by atoms with Gasteiger partial charge in [0.25, 0.3) is 11.8 Å². The summed E-state index contributed by atoms with van der Waals surface area (Å²) in [4.78, 5) is 24.7. The summed E-state index contributed by atoms with van der Waals surface area (Å²) in [5, 5.41) is 6.55. The van der Waals surface area contributed by atoms with Crippen LogP contribution in [0.4, 0.5) is 4.39 Å². The molecule has 0 aliphatic carbocycles. The van der Waals surface area contributed by atoms with E-state index in [1.54, 1.807) is 31.2 Å². The molecule has 30 heavy (non-hydrogen) atoms. The lowest BCUT2D eigenvalue weighted by Crippen LogP contribution is -2.47. The van der Waals surface area contributed by atoms with Crippen molar-refractivity contribution < 1.29 is 23.5 Å². The van der Waals surface area contributed by atoms with Gasteiger partial charge in [0.15, 0.2) is 6.10 Å². The van der Waals surface area contributed by atoms with Gasteiger partial charge in [-0.05, 0) is 62.4 Å². The molecule has 0 fully saturated rings. The Morgan fingerprint density at radius 3 is 2.40 bits per heavy atom. The predicted molar refractivity (Wildman–Crippen MR) is 107 cm³/mol. The number of amides is 2. The molecular formula is C21H21FN4O4. The molecule has 1 unspecified atom stereocenters. The minimum Gasteiger partial charge on any atom is -0.494 e. The van der Waals surface area contributed by atoms with Gasteiger partial charge >= 0.3 is 0 Å². The monoisotopic (exact) mass is 412 g/mol. The van der Waals surface area contributed by atoms with Crippen molar-refractivity contribution in [1.82, 2.24) is 21.0 Å². The molecule has 3 rings (SSSR count). The molecule has 8 nitrogen and oxygen atoms in total. The molecule has 0 saturated heterocycles. The van der Waals surface area contributed by atoms with Gasteiger partial charge in [0.2, 0.25) is 0 Å². The second-order valence-electron chi connectivity index (χ2n) is 6.27. The molecule has 0 spiro atoms. The van der Waals surface area contributed by atoms with Crippen LogP contribution in [-0.2, 0) is 4.79 Å². The van der Waals surface area contributed by atoms with Gasteiger partial charge in [0.05, 0.1) is 24.1 Å². The predicted octanol–water partition coefficient (Wildman–Crippen LogP) is 2.84. The molecule has 3 aromatic rings. The van der Waals surface area contributed by atoms with Crippen LogP contribution >= 0.6 is 0 Å². The lowest BCUT2D eigenvalue weighted by Gasteiger charge is -2.15. The Labute approximate surface area is 172 Å². The third-order valence-electron chi connectivity index (χ3n) is 4.13. The van der Waals surface area contributed by atoms with Gasteiger partial charge in [-0.15, -0.1) is 0 Å². The third kappa shape index (κ3) is 5.13. The summed E-state index contributed by atoms with van der Waals surface area (Å²) in [6.45, 7) is 4.00. The van der Waals surface area contributed by atoms with E-state index >= 15 is 0 Å². The number of ether oxygens (including phenoxy) is 2. The molecule has 1 atom stereocenters. The zero-order chi connectivity index (χ0) is 21.5. The van der Waals surface area contributed by atoms with Crippen LogP contribution in [-0.4, -0.2) is 34.7 Å². The van der Waals surface area contributed by atoms with Gasteiger partial charge in [0, 0.05) is 5.56 Å².